The van der Waals surface area contributed by atoms with Gasteiger partial charge in [0.05, 0.1) is 26.6 Å². The summed E-state index contributed by atoms with van der Waals surface area (Å²) in [4.78, 5) is 32.9. The van der Waals surface area contributed by atoms with Crippen LogP contribution in [0.4, 0.5) is 10.8 Å². The van der Waals surface area contributed by atoms with E-state index in [-0.39, 0.29) is 11.6 Å². The molecule has 1 aliphatic rings. The largest absolute Gasteiger partial charge is 0.493 e. The lowest BCUT2D eigenvalue weighted by molar-refractivity contribution is -0.384. The minimum absolute atomic E-state index is 0.0247. The van der Waals surface area contributed by atoms with Crippen molar-refractivity contribution in [1.82, 2.24) is 9.88 Å². The van der Waals surface area contributed by atoms with Gasteiger partial charge in [0.25, 0.3) is 11.6 Å². The Bertz CT molecular complexity index is 1360. The molecule has 1 aliphatic heterocycles. The van der Waals surface area contributed by atoms with E-state index in [9.17, 15) is 14.9 Å². The quantitative estimate of drug-likeness (QED) is 0.295. The molecule has 0 saturated carbocycles. The van der Waals surface area contributed by atoms with E-state index in [1.54, 1.807) is 36.6 Å². The van der Waals surface area contributed by atoms with Crippen LogP contribution in [0.25, 0.3) is 20.3 Å². The molecule has 0 atom stereocenters. The first-order valence-corrected chi connectivity index (χ1v) is 11.8. The highest BCUT2D eigenvalue weighted by atomic mass is 35.5. The summed E-state index contributed by atoms with van der Waals surface area (Å²) in [6.07, 6.45) is 0. The standard InChI is InChI=1S/C21H17ClN4O4S2/c1-30-19-14(22)3-5-16-18(19)23-21(32-16)25-8-6-24(7-9-25)20(27)17-11-12-10-13(26(28)29)2-4-15(12)31-17/h2-5,10-11H,6-9H2,1H3. The van der Waals surface area contributed by atoms with E-state index in [0.29, 0.717) is 47.2 Å². The fourth-order valence-electron chi connectivity index (χ4n) is 3.77. The van der Waals surface area contributed by atoms with Crippen molar-refractivity contribution in [3.8, 4) is 5.75 Å². The van der Waals surface area contributed by atoms with Crippen LogP contribution >= 0.6 is 34.3 Å². The molecule has 2 aromatic heterocycles. The monoisotopic (exact) mass is 488 g/mol. The summed E-state index contributed by atoms with van der Waals surface area (Å²) in [5.74, 6) is 0.525. The second-order valence-electron chi connectivity index (χ2n) is 7.29. The Labute approximate surface area is 195 Å². The van der Waals surface area contributed by atoms with Crippen molar-refractivity contribution in [2.45, 2.75) is 0 Å². The van der Waals surface area contributed by atoms with E-state index in [1.165, 1.54) is 23.5 Å². The minimum atomic E-state index is -0.427. The second kappa shape index (κ2) is 8.19. The van der Waals surface area contributed by atoms with Gasteiger partial charge in [0, 0.05) is 48.4 Å². The highest BCUT2D eigenvalue weighted by Gasteiger charge is 2.26. The predicted molar refractivity (Wildman–Crippen MR) is 128 cm³/mol. The van der Waals surface area contributed by atoms with Crippen LogP contribution in [0.3, 0.4) is 0 Å². The first-order chi connectivity index (χ1) is 15.4. The number of carbonyl (C=O) groups is 1. The highest BCUT2D eigenvalue weighted by Crippen LogP contribution is 2.38. The van der Waals surface area contributed by atoms with Gasteiger partial charge in [-0.2, -0.15) is 0 Å². The van der Waals surface area contributed by atoms with E-state index in [0.717, 1.165) is 20.0 Å². The topological polar surface area (TPSA) is 88.8 Å². The molecule has 8 nitrogen and oxygen atoms in total. The van der Waals surface area contributed by atoms with Gasteiger partial charge >= 0.3 is 0 Å². The molecule has 1 fully saturated rings. The van der Waals surface area contributed by atoms with E-state index in [4.69, 9.17) is 21.3 Å². The van der Waals surface area contributed by atoms with Gasteiger partial charge in [0.1, 0.15) is 5.52 Å². The zero-order valence-electron chi connectivity index (χ0n) is 16.9. The number of methoxy groups -OCH3 is 1. The fraction of sp³-hybridized carbons (Fsp3) is 0.238. The summed E-state index contributed by atoms with van der Waals surface area (Å²) in [7, 11) is 1.58. The highest BCUT2D eigenvalue weighted by molar-refractivity contribution is 7.22. The number of benzene rings is 2. The normalized spacial score (nSPS) is 14.3. The minimum Gasteiger partial charge on any atom is -0.493 e. The average molecular weight is 489 g/mol. The molecule has 164 valence electrons. The maximum Gasteiger partial charge on any atom is 0.270 e. The van der Waals surface area contributed by atoms with E-state index >= 15 is 0 Å². The third-order valence-electron chi connectivity index (χ3n) is 5.42. The number of amides is 1. The second-order valence-corrected chi connectivity index (χ2v) is 9.79. The summed E-state index contributed by atoms with van der Waals surface area (Å²) >= 11 is 9.15. The molecule has 1 saturated heterocycles. The number of thiazole rings is 1. The maximum atomic E-state index is 13.0. The number of halogens is 1. The molecule has 0 N–H and O–H groups in total. The van der Waals surface area contributed by atoms with Gasteiger partial charge in [-0.3, -0.25) is 14.9 Å². The van der Waals surface area contributed by atoms with Crippen molar-refractivity contribution in [3.05, 3.63) is 56.4 Å². The Morgan fingerprint density at radius 3 is 2.59 bits per heavy atom. The number of piperazine rings is 1. The molecule has 32 heavy (non-hydrogen) atoms. The Kier molecular flexibility index (Phi) is 5.36. The number of nitro groups is 1. The van der Waals surface area contributed by atoms with Crippen molar-refractivity contribution in [2.24, 2.45) is 0 Å². The molecule has 0 spiro atoms. The number of hydrogen-bond donors (Lipinski definition) is 0. The number of nitro benzene ring substituents is 1. The number of nitrogens with zero attached hydrogens (tertiary/aromatic N) is 4. The number of aromatic nitrogens is 1. The van der Waals surface area contributed by atoms with Crippen molar-refractivity contribution in [3.63, 3.8) is 0 Å². The Hall–Kier alpha value is -2.95. The van der Waals surface area contributed by atoms with Gasteiger partial charge in [0.15, 0.2) is 10.9 Å². The number of thiophene rings is 1. The molecule has 0 unspecified atom stereocenters. The number of fused-ring (bicyclic) bond motifs is 2. The molecule has 3 heterocycles. The molecule has 2 aromatic carbocycles. The fourth-order valence-corrected chi connectivity index (χ4v) is 6.03. The van der Waals surface area contributed by atoms with Crippen LogP contribution < -0.4 is 9.64 Å². The van der Waals surface area contributed by atoms with Crippen LogP contribution in [-0.4, -0.2) is 54.0 Å². The van der Waals surface area contributed by atoms with E-state index in [2.05, 4.69) is 4.90 Å². The zero-order valence-corrected chi connectivity index (χ0v) is 19.3. The molecule has 4 aromatic rings. The van der Waals surface area contributed by atoms with Crippen molar-refractivity contribution < 1.29 is 14.5 Å². The first-order valence-electron chi connectivity index (χ1n) is 9.80. The third-order valence-corrected chi connectivity index (χ3v) is 7.90. The molecule has 1 amide bonds. The van der Waals surface area contributed by atoms with Gasteiger partial charge in [-0.05, 0) is 24.3 Å². The van der Waals surface area contributed by atoms with Crippen molar-refractivity contribution in [1.29, 1.82) is 0 Å². The van der Waals surface area contributed by atoms with Crippen LogP contribution in [0.5, 0.6) is 5.75 Å². The number of non-ortho nitro benzene ring substituents is 1. The molecular formula is C21H17ClN4O4S2. The van der Waals surface area contributed by atoms with Crippen LogP contribution in [0.1, 0.15) is 9.67 Å². The molecule has 0 bridgehead atoms. The summed E-state index contributed by atoms with van der Waals surface area (Å²) < 4.78 is 7.27. The Morgan fingerprint density at radius 2 is 1.88 bits per heavy atom. The molecular weight excluding hydrogens is 472 g/mol. The van der Waals surface area contributed by atoms with Gasteiger partial charge in [0.2, 0.25) is 0 Å². The summed E-state index contributed by atoms with van der Waals surface area (Å²) in [6, 6.07) is 10.2. The van der Waals surface area contributed by atoms with Gasteiger partial charge in [-0.1, -0.05) is 22.9 Å². The lowest BCUT2D eigenvalue weighted by Gasteiger charge is -2.34. The molecule has 0 aliphatic carbocycles. The van der Waals surface area contributed by atoms with Crippen LogP contribution in [0.15, 0.2) is 36.4 Å². The molecule has 0 radical (unpaired) electrons. The average Bonchev–Trinajstić information content (AvgIpc) is 3.42. The SMILES string of the molecule is COc1c(Cl)ccc2sc(N3CCN(C(=O)c4cc5cc([N+](=O)[O-])ccc5s4)CC3)nc12. The van der Waals surface area contributed by atoms with Crippen LogP contribution in [0, 0.1) is 10.1 Å². The third kappa shape index (κ3) is 3.64. The number of anilines is 1. The predicted octanol–water partition coefficient (Wildman–Crippen LogP) is 5.04. The van der Waals surface area contributed by atoms with Crippen molar-refractivity contribution in [2.75, 3.05) is 38.2 Å². The Morgan fingerprint density at radius 1 is 1.12 bits per heavy atom. The lowest BCUT2D eigenvalue weighted by atomic mass is 10.2. The van der Waals surface area contributed by atoms with Crippen molar-refractivity contribution >= 4 is 71.3 Å². The summed E-state index contributed by atoms with van der Waals surface area (Å²) in [5.41, 5.74) is 0.773. The first kappa shape index (κ1) is 20.9. The number of hydrogen-bond acceptors (Lipinski definition) is 8. The smallest absolute Gasteiger partial charge is 0.270 e. The van der Waals surface area contributed by atoms with Crippen LogP contribution in [0.2, 0.25) is 5.02 Å². The number of ether oxygens (including phenoxy) is 1. The van der Waals surface area contributed by atoms with E-state index in [1.807, 2.05) is 11.0 Å². The maximum absolute atomic E-state index is 13.0. The van der Waals surface area contributed by atoms with Crippen LogP contribution in [-0.2, 0) is 0 Å². The molecule has 5 rings (SSSR count). The van der Waals surface area contributed by atoms with Gasteiger partial charge in [-0.25, -0.2) is 4.98 Å². The summed E-state index contributed by atoms with van der Waals surface area (Å²) in [5, 5.41) is 13.1. The lowest BCUT2D eigenvalue weighted by Crippen LogP contribution is -2.48. The van der Waals surface area contributed by atoms with E-state index < -0.39 is 4.92 Å². The summed E-state index contributed by atoms with van der Waals surface area (Å²) in [6.45, 7) is 2.47. The molecule has 11 heteroatoms. The van der Waals surface area contributed by atoms with Gasteiger partial charge < -0.3 is 14.5 Å². The number of rotatable bonds is 4. The number of carbonyl (C=O) groups excluding carboxylic acids is 1. The van der Waals surface area contributed by atoms with Gasteiger partial charge in [-0.15, -0.1) is 11.3 Å². The Balaban J connectivity index is 1.31. The zero-order chi connectivity index (χ0) is 22.4.